The fourth-order valence-corrected chi connectivity index (χ4v) is 4.96. The van der Waals surface area contributed by atoms with E-state index >= 15 is 0 Å². The summed E-state index contributed by atoms with van der Waals surface area (Å²) in [7, 11) is 2.14. The Morgan fingerprint density at radius 3 is 2.42 bits per heavy atom. The number of hydrogen-bond acceptors (Lipinski definition) is 8. The predicted octanol–water partition coefficient (Wildman–Crippen LogP) is 4.95. The molecule has 208 valence electrons. The lowest BCUT2D eigenvalue weighted by molar-refractivity contribution is 0.311. The number of hydrogen-bond donors (Lipinski definition) is 1. The van der Waals surface area contributed by atoms with E-state index in [0.29, 0.717) is 17.8 Å². The van der Waals surface area contributed by atoms with Crippen LogP contribution in [-0.2, 0) is 6.54 Å². The Bertz CT molecular complexity index is 1480. The summed E-state index contributed by atoms with van der Waals surface area (Å²) in [6.07, 6.45) is 3.99. The van der Waals surface area contributed by atoms with Crippen molar-refractivity contribution < 1.29 is 0 Å². The van der Waals surface area contributed by atoms with Gasteiger partial charge in [0.05, 0.1) is 6.21 Å². The monoisotopic (exact) mass is 537 g/mol. The molecule has 0 unspecified atom stereocenters. The maximum atomic E-state index is 4.80. The minimum atomic E-state index is 0.448. The van der Waals surface area contributed by atoms with E-state index in [2.05, 4.69) is 117 Å². The van der Waals surface area contributed by atoms with Gasteiger partial charge in [0.1, 0.15) is 0 Å². The maximum absolute atomic E-state index is 4.80. The number of likely N-dealkylation sites (N-methyl/N-ethyl adjacent to an activating group) is 1. The van der Waals surface area contributed by atoms with Gasteiger partial charge in [-0.25, -0.2) is 5.43 Å². The van der Waals surface area contributed by atoms with Gasteiger partial charge in [-0.2, -0.15) is 20.1 Å². The van der Waals surface area contributed by atoms with Gasteiger partial charge in [0.15, 0.2) is 0 Å². The zero-order chi connectivity index (χ0) is 28.1. The molecular formula is C31H39N9. The number of piperazine rings is 1. The van der Waals surface area contributed by atoms with Crippen LogP contribution in [0, 0.1) is 0 Å². The van der Waals surface area contributed by atoms with E-state index in [1.807, 2.05) is 13.1 Å². The Hall–Kier alpha value is -4.24. The summed E-state index contributed by atoms with van der Waals surface area (Å²) >= 11 is 0. The second-order valence-corrected chi connectivity index (χ2v) is 10.3. The SMILES string of the molecule is C=C(C)c1ccc(Cn2cc(/C=N/Nc3nc(N(CC)CC)nc(N4CCN(C)CC4)n3)c3ccccc32)cc1. The molecule has 9 nitrogen and oxygen atoms in total. The minimum Gasteiger partial charge on any atom is -0.342 e. The minimum absolute atomic E-state index is 0.448. The standard InChI is InChI=1S/C31H39N9/c1-6-38(7-2)30-33-29(34-31(35-30)39-18-16-37(5)17-19-39)36-32-20-26-22-40(28-11-9-8-10-27(26)28)21-24-12-14-25(15-13-24)23(3)4/h8-15,20,22H,3,6-7,16-19,21H2,1-2,4-5H3,(H,33,34,35,36)/b32-20+. The van der Waals surface area contributed by atoms with Crippen LogP contribution in [0.15, 0.2) is 66.4 Å². The summed E-state index contributed by atoms with van der Waals surface area (Å²) in [5.74, 6) is 1.81. The van der Waals surface area contributed by atoms with Crippen molar-refractivity contribution in [3.05, 3.63) is 78.0 Å². The molecule has 1 N–H and O–H groups in total. The molecule has 5 rings (SSSR count). The molecule has 2 aromatic heterocycles. The summed E-state index contributed by atoms with van der Waals surface area (Å²) in [4.78, 5) is 20.9. The Balaban J connectivity index is 1.39. The first-order chi connectivity index (χ1) is 19.4. The Labute approximate surface area is 236 Å². The third kappa shape index (κ3) is 6.15. The molecule has 1 aliphatic heterocycles. The average molecular weight is 538 g/mol. The molecule has 2 aromatic carbocycles. The lowest BCUT2D eigenvalue weighted by Gasteiger charge is -2.32. The lowest BCUT2D eigenvalue weighted by atomic mass is 10.1. The van der Waals surface area contributed by atoms with Crippen molar-refractivity contribution in [3.63, 3.8) is 0 Å². The third-order valence-corrected chi connectivity index (χ3v) is 7.43. The van der Waals surface area contributed by atoms with Gasteiger partial charge in [0, 0.05) is 68.5 Å². The number of allylic oxidation sites excluding steroid dienone is 1. The molecule has 40 heavy (non-hydrogen) atoms. The average Bonchev–Trinajstić information content (AvgIpc) is 3.31. The van der Waals surface area contributed by atoms with Crippen LogP contribution in [0.25, 0.3) is 16.5 Å². The number of rotatable bonds is 10. The normalized spacial score (nSPS) is 14.2. The number of nitrogens with zero attached hydrogens (tertiary/aromatic N) is 8. The first kappa shape index (κ1) is 27.3. The van der Waals surface area contributed by atoms with Crippen molar-refractivity contribution in [1.82, 2.24) is 24.4 Å². The number of anilines is 3. The number of aromatic nitrogens is 4. The highest BCUT2D eigenvalue weighted by atomic mass is 15.4. The molecule has 4 aromatic rings. The fraction of sp³-hybridized carbons (Fsp3) is 0.355. The van der Waals surface area contributed by atoms with Crippen LogP contribution in [0.4, 0.5) is 17.8 Å². The number of benzene rings is 2. The summed E-state index contributed by atoms with van der Waals surface area (Å²) in [5.41, 5.74) is 8.75. The fourth-order valence-electron chi connectivity index (χ4n) is 4.96. The van der Waals surface area contributed by atoms with Gasteiger partial charge in [-0.15, -0.1) is 0 Å². The highest BCUT2D eigenvalue weighted by Gasteiger charge is 2.20. The molecule has 1 aliphatic rings. The van der Waals surface area contributed by atoms with E-state index in [9.17, 15) is 0 Å². The Kier molecular flexibility index (Phi) is 8.40. The number of para-hydroxylation sites is 1. The summed E-state index contributed by atoms with van der Waals surface area (Å²) in [6.45, 7) is 16.4. The second-order valence-electron chi connectivity index (χ2n) is 10.3. The Morgan fingerprint density at radius 2 is 1.73 bits per heavy atom. The number of hydrazone groups is 1. The van der Waals surface area contributed by atoms with E-state index in [-0.39, 0.29) is 0 Å². The zero-order valence-corrected chi connectivity index (χ0v) is 24.0. The summed E-state index contributed by atoms with van der Waals surface area (Å²) < 4.78 is 2.26. The van der Waals surface area contributed by atoms with Crippen LogP contribution < -0.4 is 15.2 Å². The molecule has 3 heterocycles. The van der Waals surface area contributed by atoms with Crippen molar-refractivity contribution in [2.24, 2.45) is 5.10 Å². The molecule has 1 saturated heterocycles. The molecule has 0 atom stereocenters. The van der Waals surface area contributed by atoms with Crippen LogP contribution in [0.5, 0.6) is 0 Å². The quantitative estimate of drug-likeness (QED) is 0.227. The molecule has 0 radical (unpaired) electrons. The van der Waals surface area contributed by atoms with Crippen LogP contribution in [0.1, 0.15) is 37.5 Å². The smallest absolute Gasteiger partial charge is 0.250 e. The van der Waals surface area contributed by atoms with Gasteiger partial charge in [0.25, 0.3) is 0 Å². The van der Waals surface area contributed by atoms with Crippen molar-refractivity contribution in [2.75, 3.05) is 61.5 Å². The van der Waals surface area contributed by atoms with Gasteiger partial charge in [0.2, 0.25) is 17.8 Å². The molecule has 0 amide bonds. The first-order valence-corrected chi connectivity index (χ1v) is 14.0. The molecule has 9 heteroatoms. The van der Waals surface area contributed by atoms with Gasteiger partial charge < -0.3 is 19.3 Å². The van der Waals surface area contributed by atoms with Crippen molar-refractivity contribution >= 4 is 40.5 Å². The highest BCUT2D eigenvalue weighted by molar-refractivity contribution is 5.99. The first-order valence-electron chi connectivity index (χ1n) is 14.0. The highest BCUT2D eigenvalue weighted by Crippen LogP contribution is 2.23. The van der Waals surface area contributed by atoms with Crippen LogP contribution in [0.3, 0.4) is 0 Å². The van der Waals surface area contributed by atoms with E-state index in [0.717, 1.165) is 67.9 Å². The largest absolute Gasteiger partial charge is 0.342 e. The van der Waals surface area contributed by atoms with Gasteiger partial charge >= 0.3 is 0 Å². The van der Waals surface area contributed by atoms with Gasteiger partial charge in [-0.1, -0.05) is 54.6 Å². The van der Waals surface area contributed by atoms with E-state index in [1.165, 1.54) is 11.1 Å². The summed E-state index contributed by atoms with van der Waals surface area (Å²) in [6, 6.07) is 17.0. The maximum Gasteiger partial charge on any atom is 0.250 e. The predicted molar refractivity (Wildman–Crippen MR) is 167 cm³/mol. The van der Waals surface area contributed by atoms with Gasteiger partial charge in [-0.05, 0) is 45.0 Å². The van der Waals surface area contributed by atoms with Crippen molar-refractivity contribution in [1.29, 1.82) is 0 Å². The van der Waals surface area contributed by atoms with Crippen molar-refractivity contribution in [3.8, 4) is 0 Å². The number of nitrogens with one attached hydrogen (secondary N) is 1. The molecule has 0 saturated carbocycles. The Morgan fingerprint density at radius 1 is 1.00 bits per heavy atom. The molecule has 0 aliphatic carbocycles. The van der Waals surface area contributed by atoms with E-state index < -0.39 is 0 Å². The second kappa shape index (κ2) is 12.3. The topological polar surface area (TPSA) is 77.7 Å². The van der Waals surface area contributed by atoms with E-state index in [4.69, 9.17) is 9.97 Å². The zero-order valence-electron chi connectivity index (χ0n) is 24.0. The van der Waals surface area contributed by atoms with Crippen LogP contribution in [0.2, 0.25) is 0 Å². The van der Waals surface area contributed by atoms with Gasteiger partial charge in [-0.3, -0.25) is 0 Å². The molecule has 1 fully saturated rings. The number of fused-ring (bicyclic) bond motifs is 1. The van der Waals surface area contributed by atoms with E-state index in [1.54, 1.807) is 0 Å². The van der Waals surface area contributed by atoms with Crippen LogP contribution in [-0.4, -0.2) is 76.9 Å². The summed E-state index contributed by atoms with van der Waals surface area (Å²) in [5, 5.41) is 5.71. The molecular weight excluding hydrogens is 498 g/mol. The van der Waals surface area contributed by atoms with Crippen molar-refractivity contribution in [2.45, 2.75) is 27.3 Å². The van der Waals surface area contributed by atoms with Crippen LogP contribution >= 0.6 is 0 Å². The third-order valence-electron chi connectivity index (χ3n) is 7.43. The molecule has 0 bridgehead atoms. The lowest BCUT2D eigenvalue weighted by Crippen LogP contribution is -2.45. The molecule has 0 spiro atoms.